The fraction of sp³-hybridized carbons (Fsp3) is 0.261. The van der Waals surface area contributed by atoms with E-state index in [0.29, 0.717) is 18.1 Å². The number of ether oxygens (including phenoxy) is 1. The van der Waals surface area contributed by atoms with Crippen LogP contribution >= 0.6 is 0 Å². The van der Waals surface area contributed by atoms with Crippen LogP contribution < -0.4 is 15.0 Å². The highest BCUT2D eigenvalue weighted by Gasteiger charge is 2.18. The van der Waals surface area contributed by atoms with Gasteiger partial charge in [-0.2, -0.15) is 0 Å². The minimum atomic E-state index is -0.163. The molecule has 4 rings (SSSR count). The number of amides is 1. The van der Waals surface area contributed by atoms with Gasteiger partial charge in [0.1, 0.15) is 5.75 Å². The second kappa shape index (κ2) is 8.73. The van der Waals surface area contributed by atoms with Gasteiger partial charge in [0.2, 0.25) is 5.95 Å². The van der Waals surface area contributed by atoms with Gasteiger partial charge in [0.15, 0.2) is 0 Å². The number of carbonyl (C=O) groups excluding carboxylic acids is 1. The topological polar surface area (TPSA) is 67.3 Å². The van der Waals surface area contributed by atoms with Gasteiger partial charge in [-0.3, -0.25) is 4.79 Å². The van der Waals surface area contributed by atoms with Gasteiger partial charge >= 0.3 is 0 Å². The maximum absolute atomic E-state index is 12.4. The van der Waals surface area contributed by atoms with E-state index in [2.05, 4.69) is 44.5 Å². The van der Waals surface area contributed by atoms with Crippen LogP contribution in [0.5, 0.6) is 5.75 Å². The lowest BCUT2D eigenvalue weighted by atomic mass is 10.0. The van der Waals surface area contributed by atoms with E-state index in [1.54, 1.807) is 19.5 Å². The highest BCUT2D eigenvalue weighted by atomic mass is 16.5. The van der Waals surface area contributed by atoms with Crippen LogP contribution in [0.4, 0.5) is 5.95 Å². The summed E-state index contributed by atoms with van der Waals surface area (Å²) in [4.78, 5) is 23.4. The van der Waals surface area contributed by atoms with E-state index in [-0.39, 0.29) is 5.91 Å². The minimum Gasteiger partial charge on any atom is -0.497 e. The quantitative estimate of drug-likeness (QED) is 0.703. The molecule has 0 atom stereocenters. The first kappa shape index (κ1) is 18.9. The van der Waals surface area contributed by atoms with E-state index in [4.69, 9.17) is 4.74 Å². The largest absolute Gasteiger partial charge is 0.497 e. The molecule has 1 aliphatic rings. The predicted molar refractivity (Wildman–Crippen MR) is 112 cm³/mol. The van der Waals surface area contributed by atoms with Gasteiger partial charge in [-0.1, -0.05) is 36.4 Å². The van der Waals surface area contributed by atoms with Gasteiger partial charge in [-0.05, 0) is 41.7 Å². The zero-order chi connectivity index (χ0) is 20.1. The normalized spacial score (nSPS) is 12.9. The molecule has 0 fully saturated rings. The molecule has 0 saturated carbocycles. The molecule has 3 aromatic rings. The third kappa shape index (κ3) is 4.54. The lowest BCUT2D eigenvalue weighted by molar-refractivity contribution is 0.0953. The van der Waals surface area contributed by atoms with Gasteiger partial charge in [-0.15, -0.1) is 0 Å². The Bertz CT molecular complexity index is 988. The van der Waals surface area contributed by atoms with Crippen molar-refractivity contribution in [2.24, 2.45) is 0 Å². The van der Waals surface area contributed by atoms with E-state index >= 15 is 0 Å². The summed E-state index contributed by atoms with van der Waals surface area (Å²) < 4.78 is 5.22. The molecule has 0 aliphatic carbocycles. The Labute approximate surface area is 170 Å². The number of rotatable bonds is 6. The number of hydrogen-bond donors (Lipinski definition) is 1. The molecular formula is C23H24N4O2. The number of nitrogens with one attached hydrogen (secondary N) is 1. The predicted octanol–water partition coefficient (Wildman–Crippen LogP) is 3.02. The van der Waals surface area contributed by atoms with Crippen molar-refractivity contribution in [2.75, 3.05) is 25.1 Å². The molecule has 148 valence electrons. The number of aromatic nitrogens is 2. The van der Waals surface area contributed by atoms with Crippen molar-refractivity contribution in [2.45, 2.75) is 19.4 Å². The highest BCUT2D eigenvalue weighted by molar-refractivity contribution is 5.93. The van der Waals surface area contributed by atoms with Crippen LogP contribution in [-0.2, 0) is 19.4 Å². The van der Waals surface area contributed by atoms with E-state index < -0.39 is 0 Å². The summed E-state index contributed by atoms with van der Waals surface area (Å²) in [7, 11) is 1.65. The summed E-state index contributed by atoms with van der Waals surface area (Å²) in [5.41, 5.74) is 4.27. The molecule has 1 aromatic heterocycles. The summed E-state index contributed by atoms with van der Waals surface area (Å²) in [5, 5.41) is 2.92. The Balaban J connectivity index is 1.32. The van der Waals surface area contributed by atoms with Crippen molar-refractivity contribution in [3.63, 3.8) is 0 Å². The molecule has 1 aliphatic heterocycles. The molecule has 1 N–H and O–H groups in total. The van der Waals surface area contributed by atoms with Crippen molar-refractivity contribution in [1.29, 1.82) is 0 Å². The van der Waals surface area contributed by atoms with Crippen LogP contribution in [-0.4, -0.2) is 36.1 Å². The SMILES string of the molecule is COc1cccc(CCNC(=O)c2cnc(N3CCc4ccccc4C3)nc2)c1. The smallest absolute Gasteiger partial charge is 0.254 e. The van der Waals surface area contributed by atoms with Crippen molar-refractivity contribution in [3.8, 4) is 5.75 Å². The van der Waals surface area contributed by atoms with E-state index in [9.17, 15) is 4.79 Å². The fourth-order valence-corrected chi connectivity index (χ4v) is 3.52. The van der Waals surface area contributed by atoms with Crippen molar-refractivity contribution in [1.82, 2.24) is 15.3 Å². The number of nitrogens with zero attached hydrogens (tertiary/aromatic N) is 3. The molecule has 6 heteroatoms. The standard InChI is InChI=1S/C23H24N4O2/c1-29-21-8-4-5-17(13-21)9-11-24-22(28)20-14-25-23(26-15-20)27-12-10-18-6-2-3-7-19(18)16-27/h2-8,13-15H,9-12,16H2,1H3,(H,24,28). The van der Waals surface area contributed by atoms with Gasteiger partial charge in [0, 0.05) is 32.0 Å². The maximum atomic E-state index is 12.4. The third-order valence-corrected chi connectivity index (χ3v) is 5.15. The molecule has 2 aromatic carbocycles. The van der Waals surface area contributed by atoms with Gasteiger partial charge in [-0.25, -0.2) is 9.97 Å². The summed E-state index contributed by atoms with van der Waals surface area (Å²) in [6.07, 6.45) is 4.91. The van der Waals surface area contributed by atoms with Crippen LogP contribution in [0, 0.1) is 0 Å². The zero-order valence-corrected chi connectivity index (χ0v) is 16.5. The first-order chi connectivity index (χ1) is 14.2. The molecule has 2 heterocycles. The third-order valence-electron chi connectivity index (χ3n) is 5.15. The van der Waals surface area contributed by atoms with Crippen molar-refractivity contribution >= 4 is 11.9 Å². The number of methoxy groups -OCH3 is 1. The summed E-state index contributed by atoms with van der Waals surface area (Å²) in [6, 6.07) is 16.3. The van der Waals surface area contributed by atoms with Crippen LogP contribution in [0.2, 0.25) is 0 Å². The number of benzene rings is 2. The molecule has 0 unspecified atom stereocenters. The fourth-order valence-electron chi connectivity index (χ4n) is 3.52. The number of anilines is 1. The molecule has 1 amide bonds. The van der Waals surface area contributed by atoms with Crippen LogP contribution in [0.3, 0.4) is 0 Å². The van der Waals surface area contributed by atoms with E-state index in [1.807, 2.05) is 24.3 Å². The Morgan fingerprint density at radius 2 is 1.90 bits per heavy atom. The molecule has 0 spiro atoms. The first-order valence-corrected chi connectivity index (χ1v) is 9.78. The molecule has 29 heavy (non-hydrogen) atoms. The second-order valence-electron chi connectivity index (χ2n) is 7.07. The maximum Gasteiger partial charge on any atom is 0.254 e. The molecular weight excluding hydrogens is 364 g/mol. The second-order valence-corrected chi connectivity index (χ2v) is 7.07. The van der Waals surface area contributed by atoms with E-state index in [1.165, 1.54) is 11.1 Å². The molecule has 6 nitrogen and oxygen atoms in total. The van der Waals surface area contributed by atoms with Crippen LogP contribution in [0.25, 0.3) is 0 Å². The molecule has 0 saturated heterocycles. The minimum absolute atomic E-state index is 0.163. The van der Waals surface area contributed by atoms with Crippen molar-refractivity contribution < 1.29 is 9.53 Å². The summed E-state index contributed by atoms with van der Waals surface area (Å²) in [6.45, 7) is 2.21. The van der Waals surface area contributed by atoms with Gasteiger partial charge < -0.3 is 15.0 Å². The van der Waals surface area contributed by atoms with Crippen molar-refractivity contribution in [3.05, 3.63) is 83.2 Å². The Kier molecular flexibility index (Phi) is 5.70. The molecule has 0 bridgehead atoms. The summed E-state index contributed by atoms with van der Waals surface area (Å²) in [5.74, 6) is 1.31. The highest BCUT2D eigenvalue weighted by Crippen LogP contribution is 2.21. The van der Waals surface area contributed by atoms with Gasteiger partial charge in [0.25, 0.3) is 5.91 Å². The van der Waals surface area contributed by atoms with Gasteiger partial charge in [0.05, 0.1) is 12.7 Å². The average Bonchev–Trinajstić information content (AvgIpc) is 2.79. The van der Waals surface area contributed by atoms with Crippen LogP contribution in [0.1, 0.15) is 27.0 Å². The zero-order valence-electron chi connectivity index (χ0n) is 16.5. The summed E-state index contributed by atoms with van der Waals surface area (Å²) >= 11 is 0. The monoisotopic (exact) mass is 388 g/mol. The lowest BCUT2D eigenvalue weighted by Crippen LogP contribution is -2.32. The van der Waals surface area contributed by atoms with E-state index in [0.717, 1.165) is 37.2 Å². The lowest BCUT2D eigenvalue weighted by Gasteiger charge is -2.28. The molecule has 0 radical (unpaired) electrons. The number of carbonyl (C=O) groups is 1. The number of hydrogen-bond acceptors (Lipinski definition) is 5. The number of fused-ring (bicyclic) bond motifs is 1. The first-order valence-electron chi connectivity index (χ1n) is 9.78. The Morgan fingerprint density at radius 1 is 1.10 bits per heavy atom. The Hall–Kier alpha value is -3.41. The van der Waals surface area contributed by atoms with Crippen LogP contribution in [0.15, 0.2) is 60.9 Å². The average molecular weight is 388 g/mol. The Morgan fingerprint density at radius 3 is 2.69 bits per heavy atom.